The van der Waals surface area contributed by atoms with Crippen LogP contribution in [0.25, 0.3) is 11.3 Å². The fourth-order valence-corrected chi connectivity index (χ4v) is 2.27. The lowest BCUT2D eigenvalue weighted by Gasteiger charge is -2.22. The SMILES string of the molecule is CC(C)(CO)NC(=O)c1cc(-c2ccc3c(c2)CCO3)no1. The van der Waals surface area contributed by atoms with E-state index in [1.54, 1.807) is 19.9 Å². The Labute approximate surface area is 128 Å². The van der Waals surface area contributed by atoms with Crippen molar-refractivity contribution in [3.63, 3.8) is 0 Å². The number of aliphatic hydroxyl groups excluding tert-OH is 1. The molecule has 3 rings (SSSR count). The van der Waals surface area contributed by atoms with Crippen molar-refractivity contribution in [2.75, 3.05) is 13.2 Å². The largest absolute Gasteiger partial charge is 0.493 e. The Hall–Kier alpha value is -2.34. The number of carbonyl (C=O) groups excluding carboxylic acids is 1. The van der Waals surface area contributed by atoms with E-state index in [9.17, 15) is 9.90 Å². The lowest BCUT2D eigenvalue weighted by atomic mass is 10.1. The number of ether oxygens (including phenoxy) is 1. The van der Waals surface area contributed by atoms with Gasteiger partial charge in [0.1, 0.15) is 11.4 Å². The van der Waals surface area contributed by atoms with Gasteiger partial charge in [-0.3, -0.25) is 4.79 Å². The normalized spacial score (nSPS) is 13.6. The Kier molecular flexibility index (Phi) is 3.62. The van der Waals surface area contributed by atoms with E-state index in [-0.39, 0.29) is 12.4 Å². The molecule has 0 fully saturated rings. The smallest absolute Gasteiger partial charge is 0.290 e. The molecule has 0 bridgehead atoms. The summed E-state index contributed by atoms with van der Waals surface area (Å²) >= 11 is 0. The van der Waals surface area contributed by atoms with Crippen molar-refractivity contribution < 1.29 is 19.2 Å². The Morgan fingerprint density at radius 2 is 2.23 bits per heavy atom. The van der Waals surface area contributed by atoms with Gasteiger partial charge >= 0.3 is 0 Å². The molecule has 1 aromatic heterocycles. The molecule has 2 aromatic rings. The average molecular weight is 302 g/mol. The van der Waals surface area contributed by atoms with Gasteiger partial charge in [-0.2, -0.15) is 0 Å². The maximum Gasteiger partial charge on any atom is 0.290 e. The molecule has 0 saturated carbocycles. The van der Waals surface area contributed by atoms with Gasteiger partial charge in [0.05, 0.1) is 18.8 Å². The van der Waals surface area contributed by atoms with E-state index in [1.807, 2.05) is 18.2 Å². The number of aromatic nitrogens is 1. The highest BCUT2D eigenvalue weighted by atomic mass is 16.5. The molecule has 22 heavy (non-hydrogen) atoms. The fourth-order valence-electron chi connectivity index (χ4n) is 2.27. The minimum absolute atomic E-state index is 0.119. The molecule has 0 saturated heterocycles. The number of nitrogens with zero attached hydrogens (tertiary/aromatic N) is 1. The minimum atomic E-state index is -0.713. The third kappa shape index (κ3) is 2.82. The Morgan fingerprint density at radius 3 is 3.00 bits per heavy atom. The summed E-state index contributed by atoms with van der Waals surface area (Å²) in [6.07, 6.45) is 0.874. The van der Waals surface area contributed by atoms with E-state index in [4.69, 9.17) is 9.26 Å². The highest BCUT2D eigenvalue weighted by Crippen LogP contribution is 2.30. The second-order valence-electron chi connectivity index (χ2n) is 5.99. The fraction of sp³-hybridized carbons (Fsp3) is 0.375. The number of amides is 1. The van der Waals surface area contributed by atoms with Crippen LogP contribution >= 0.6 is 0 Å². The van der Waals surface area contributed by atoms with Crippen molar-refractivity contribution >= 4 is 5.91 Å². The van der Waals surface area contributed by atoms with Gasteiger partial charge < -0.3 is 19.7 Å². The van der Waals surface area contributed by atoms with E-state index in [1.165, 1.54) is 0 Å². The van der Waals surface area contributed by atoms with E-state index < -0.39 is 11.4 Å². The van der Waals surface area contributed by atoms with E-state index in [2.05, 4.69) is 10.5 Å². The first-order valence-corrected chi connectivity index (χ1v) is 7.15. The molecule has 6 nitrogen and oxygen atoms in total. The number of hydrogen-bond donors (Lipinski definition) is 2. The zero-order valence-electron chi connectivity index (χ0n) is 12.5. The molecule has 0 radical (unpaired) electrons. The number of hydrogen-bond acceptors (Lipinski definition) is 5. The molecule has 1 aliphatic heterocycles. The molecule has 1 aromatic carbocycles. The van der Waals surface area contributed by atoms with Crippen LogP contribution in [-0.4, -0.2) is 34.9 Å². The van der Waals surface area contributed by atoms with Crippen LogP contribution in [-0.2, 0) is 6.42 Å². The Bertz CT molecular complexity index is 706. The third-order valence-corrected chi connectivity index (χ3v) is 3.57. The summed E-state index contributed by atoms with van der Waals surface area (Å²) in [5.74, 6) is 0.616. The Morgan fingerprint density at radius 1 is 1.41 bits per heavy atom. The van der Waals surface area contributed by atoms with E-state index in [0.29, 0.717) is 12.3 Å². The molecular weight excluding hydrogens is 284 g/mol. The third-order valence-electron chi connectivity index (χ3n) is 3.57. The summed E-state index contributed by atoms with van der Waals surface area (Å²) in [6, 6.07) is 7.39. The predicted octanol–water partition coefficient (Wildman–Crippen LogP) is 1.78. The summed E-state index contributed by atoms with van der Waals surface area (Å²) < 4.78 is 10.6. The van der Waals surface area contributed by atoms with Crippen LogP contribution in [0.15, 0.2) is 28.8 Å². The van der Waals surface area contributed by atoms with Crippen molar-refractivity contribution in [1.29, 1.82) is 0 Å². The van der Waals surface area contributed by atoms with Crippen LogP contribution in [0.3, 0.4) is 0 Å². The van der Waals surface area contributed by atoms with E-state index in [0.717, 1.165) is 23.3 Å². The number of carbonyl (C=O) groups is 1. The number of aliphatic hydroxyl groups is 1. The molecule has 2 heterocycles. The summed E-state index contributed by atoms with van der Waals surface area (Å²) in [7, 11) is 0. The molecule has 0 aliphatic carbocycles. The molecule has 0 unspecified atom stereocenters. The van der Waals surface area contributed by atoms with Gasteiger partial charge in [0, 0.05) is 18.1 Å². The summed E-state index contributed by atoms with van der Waals surface area (Å²) in [5.41, 5.74) is 1.90. The number of nitrogens with one attached hydrogen (secondary N) is 1. The molecule has 6 heteroatoms. The number of rotatable bonds is 4. The molecule has 1 aliphatic rings. The standard InChI is InChI=1S/C16H18N2O4/c1-16(2,9-19)17-15(20)14-8-12(18-22-14)10-3-4-13-11(7-10)5-6-21-13/h3-4,7-8,19H,5-6,9H2,1-2H3,(H,17,20). The van der Waals surface area contributed by atoms with Crippen LogP contribution in [0.4, 0.5) is 0 Å². The van der Waals surface area contributed by atoms with Crippen LogP contribution in [0.5, 0.6) is 5.75 Å². The van der Waals surface area contributed by atoms with Gasteiger partial charge in [0.15, 0.2) is 0 Å². The lowest BCUT2D eigenvalue weighted by molar-refractivity contribution is 0.0832. The van der Waals surface area contributed by atoms with Crippen LogP contribution < -0.4 is 10.1 Å². The molecule has 0 atom stereocenters. The second kappa shape index (κ2) is 5.46. The summed E-state index contributed by atoms with van der Waals surface area (Å²) in [4.78, 5) is 12.1. The zero-order valence-corrected chi connectivity index (χ0v) is 12.5. The predicted molar refractivity (Wildman–Crippen MR) is 79.8 cm³/mol. The van der Waals surface area contributed by atoms with Crippen molar-refractivity contribution in [1.82, 2.24) is 10.5 Å². The first kappa shape index (κ1) is 14.6. The van der Waals surface area contributed by atoms with Gasteiger partial charge in [0.25, 0.3) is 5.91 Å². The highest BCUT2D eigenvalue weighted by molar-refractivity contribution is 5.92. The maximum atomic E-state index is 12.1. The first-order valence-electron chi connectivity index (χ1n) is 7.15. The van der Waals surface area contributed by atoms with Gasteiger partial charge in [-0.25, -0.2) is 0 Å². The monoisotopic (exact) mass is 302 g/mol. The van der Waals surface area contributed by atoms with Crippen LogP contribution in [0, 0.1) is 0 Å². The van der Waals surface area contributed by atoms with Crippen molar-refractivity contribution in [3.8, 4) is 17.0 Å². The van der Waals surface area contributed by atoms with Crippen LogP contribution in [0.1, 0.15) is 30.0 Å². The van der Waals surface area contributed by atoms with Gasteiger partial charge in [0.2, 0.25) is 5.76 Å². The van der Waals surface area contributed by atoms with E-state index >= 15 is 0 Å². The van der Waals surface area contributed by atoms with Gasteiger partial charge in [-0.05, 0) is 37.6 Å². The topological polar surface area (TPSA) is 84.6 Å². The Balaban J connectivity index is 1.80. The first-order chi connectivity index (χ1) is 10.5. The van der Waals surface area contributed by atoms with Crippen molar-refractivity contribution in [2.45, 2.75) is 25.8 Å². The van der Waals surface area contributed by atoms with Crippen LogP contribution in [0.2, 0.25) is 0 Å². The second-order valence-corrected chi connectivity index (χ2v) is 5.99. The quantitative estimate of drug-likeness (QED) is 0.899. The molecule has 2 N–H and O–H groups in total. The highest BCUT2D eigenvalue weighted by Gasteiger charge is 2.23. The summed E-state index contributed by atoms with van der Waals surface area (Å²) in [6.45, 7) is 3.98. The number of fused-ring (bicyclic) bond motifs is 1. The zero-order chi connectivity index (χ0) is 15.7. The summed E-state index contributed by atoms with van der Waals surface area (Å²) in [5, 5.41) is 15.8. The van der Waals surface area contributed by atoms with Crippen molar-refractivity contribution in [3.05, 3.63) is 35.6 Å². The molecule has 1 amide bonds. The van der Waals surface area contributed by atoms with Gasteiger partial charge in [-0.1, -0.05) is 5.16 Å². The van der Waals surface area contributed by atoms with Crippen molar-refractivity contribution in [2.24, 2.45) is 0 Å². The number of benzene rings is 1. The molecule has 0 spiro atoms. The lowest BCUT2D eigenvalue weighted by Crippen LogP contribution is -2.46. The van der Waals surface area contributed by atoms with Gasteiger partial charge in [-0.15, -0.1) is 0 Å². The average Bonchev–Trinajstić information content (AvgIpc) is 3.15. The molecule has 116 valence electrons. The maximum absolute atomic E-state index is 12.1. The minimum Gasteiger partial charge on any atom is -0.493 e. The molecular formula is C16H18N2O4.